The van der Waals surface area contributed by atoms with Gasteiger partial charge in [0, 0.05) is 5.92 Å². The van der Waals surface area contributed by atoms with Crippen molar-refractivity contribution in [1.29, 1.82) is 0 Å². The molecule has 0 unspecified atom stereocenters. The second-order valence-corrected chi connectivity index (χ2v) is 2.87. The van der Waals surface area contributed by atoms with Gasteiger partial charge in [-0.2, -0.15) is 0 Å². The molecule has 2 heteroatoms. The van der Waals surface area contributed by atoms with Gasteiger partial charge in [-0.25, -0.2) is 0 Å². The van der Waals surface area contributed by atoms with E-state index in [2.05, 4.69) is 0 Å². The molecule has 0 saturated carbocycles. The molecule has 58 valence electrons. The summed E-state index contributed by atoms with van der Waals surface area (Å²) in [6.45, 7) is 10.8. The predicted molar refractivity (Wildman–Crippen MR) is 38.4 cm³/mol. The van der Waals surface area contributed by atoms with Gasteiger partial charge in [-0.1, -0.05) is 6.92 Å². The monoisotopic (exact) mass is 142 g/mol. The third-order valence-corrected chi connectivity index (χ3v) is 1.85. The molecule has 0 spiro atoms. The van der Waals surface area contributed by atoms with Crippen LogP contribution in [0.3, 0.4) is 0 Å². The molecule has 0 aliphatic carbocycles. The van der Waals surface area contributed by atoms with E-state index in [-0.39, 0.29) is 11.7 Å². The molecule has 0 aromatic heterocycles. The first-order valence-corrected chi connectivity index (χ1v) is 3.70. The first-order valence-electron chi connectivity index (χ1n) is 3.70. The second-order valence-electron chi connectivity index (χ2n) is 2.87. The van der Waals surface area contributed by atoms with Gasteiger partial charge in [-0.3, -0.25) is 0 Å². The topological polar surface area (TPSA) is 18.5 Å². The average molecular weight is 142 g/mol. The summed E-state index contributed by atoms with van der Waals surface area (Å²) in [5, 5.41) is 0. The highest BCUT2D eigenvalue weighted by atomic mass is 16.7. The molecule has 1 aliphatic rings. The van der Waals surface area contributed by atoms with Crippen LogP contribution in [0.2, 0.25) is 0 Å². The van der Waals surface area contributed by atoms with Crippen LogP contribution in [-0.4, -0.2) is 19.0 Å². The van der Waals surface area contributed by atoms with Gasteiger partial charge in [0.1, 0.15) is 0 Å². The molecule has 0 N–H and O–H groups in total. The molecular formula is C8H14O2. The molecule has 0 aromatic carbocycles. The minimum atomic E-state index is -0.379. The zero-order valence-corrected chi connectivity index (χ0v) is 6.59. The van der Waals surface area contributed by atoms with Crippen LogP contribution in [0.5, 0.6) is 0 Å². The minimum absolute atomic E-state index is 0.0552. The van der Waals surface area contributed by atoms with E-state index >= 15 is 0 Å². The third kappa shape index (κ3) is 1.70. The third-order valence-electron chi connectivity index (χ3n) is 1.85. The molecule has 0 atom stereocenters. The molecule has 2 nitrogen and oxygen atoms in total. The maximum Gasteiger partial charge on any atom is 0.165 e. The van der Waals surface area contributed by atoms with E-state index in [0.717, 1.165) is 6.42 Å². The Kier molecular flexibility index (Phi) is 2.32. The Morgan fingerprint density at radius 2 is 2.00 bits per heavy atom. The summed E-state index contributed by atoms with van der Waals surface area (Å²) in [4.78, 5) is 0. The molecule has 10 heavy (non-hydrogen) atoms. The summed E-state index contributed by atoms with van der Waals surface area (Å²) in [6, 6.07) is 0. The number of hydrogen-bond acceptors (Lipinski definition) is 2. The lowest BCUT2D eigenvalue weighted by Gasteiger charge is -2.35. The normalized spacial score (nSPS) is 41.7. The molecule has 0 aromatic rings. The van der Waals surface area contributed by atoms with Crippen LogP contribution in [0.1, 0.15) is 20.3 Å². The van der Waals surface area contributed by atoms with Gasteiger partial charge in [0.25, 0.3) is 0 Å². The summed E-state index contributed by atoms with van der Waals surface area (Å²) in [6.07, 6.45) is 0.875. The van der Waals surface area contributed by atoms with E-state index in [9.17, 15) is 0 Å². The van der Waals surface area contributed by atoms with Crippen molar-refractivity contribution in [3.63, 3.8) is 0 Å². The highest BCUT2D eigenvalue weighted by molar-refractivity contribution is 4.70. The molecule has 0 bridgehead atoms. The van der Waals surface area contributed by atoms with Crippen LogP contribution in [0, 0.1) is 12.8 Å². The van der Waals surface area contributed by atoms with Gasteiger partial charge in [-0.05, 0) is 20.3 Å². The van der Waals surface area contributed by atoms with E-state index < -0.39 is 0 Å². The summed E-state index contributed by atoms with van der Waals surface area (Å²) >= 11 is 0. The van der Waals surface area contributed by atoms with E-state index in [1.807, 2.05) is 13.8 Å². The van der Waals surface area contributed by atoms with Gasteiger partial charge < -0.3 is 9.47 Å². The first-order chi connectivity index (χ1) is 4.66. The van der Waals surface area contributed by atoms with Crippen molar-refractivity contribution in [3.8, 4) is 0 Å². The minimum Gasteiger partial charge on any atom is -0.350 e. The lowest BCUT2D eigenvalue weighted by molar-refractivity contribution is -0.268. The molecule has 0 amide bonds. The van der Waals surface area contributed by atoms with Crippen molar-refractivity contribution in [1.82, 2.24) is 0 Å². The van der Waals surface area contributed by atoms with Crippen molar-refractivity contribution in [2.75, 3.05) is 13.2 Å². The van der Waals surface area contributed by atoms with E-state index in [1.165, 1.54) is 0 Å². The maximum absolute atomic E-state index is 5.56. The number of rotatable bonds is 1. The van der Waals surface area contributed by atoms with Crippen molar-refractivity contribution in [2.45, 2.75) is 26.1 Å². The Morgan fingerprint density at radius 1 is 1.50 bits per heavy atom. The van der Waals surface area contributed by atoms with Crippen molar-refractivity contribution >= 4 is 0 Å². The van der Waals surface area contributed by atoms with Gasteiger partial charge in [0.15, 0.2) is 5.79 Å². The van der Waals surface area contributed by atoms with E-state index in [1.54, 1.807) is 0 Å². The van der Waals surface area contributed by atoms with E-state index in [4.69, 9.17) is 16.4 Å². The van der Waals surface area contributed by atoms with Crippen LogP contribution in [0.4, 0.5) is 0 Å². The summed E-state index contributed by atoms with van der Waals surface area (Å²) in [7, 11) is 0. The highest BCUT2D eigenvalue weighted by Crippen LogP contribution is 2.23. The Hall–Kier alpha value is -0.0800. The standard InChI is InChI=1S/C8H14O2/c1-4-8(3)9-5-7(2)6-10-8/h2,7H,4-6H2,1,3H3. The Labute approximate surface area is 62.5 Å². The molecule has 1 rings (SSSR count). The summed E-state index contributed by atoms with van der Waals surface area (Å²) in [5.41, 5.74) is 0. The highest BCUT2D eigenvalue weighted by Gasteiger charge is 2.29. The molecule has 1 saturated heterocycles. The molecule has 1 heterocycles. The van der Waals surface area contributed by atoms with Crippen LogP contribution in [0.25, 0.3) is 0 Å². The smallest absolute Gasteiger partial charge is 0.165 e. The van der Waals surface area contributed by atoms with Gasteiger partial charge in [0.05, 0.1) is 13.2 Å². The lowest BCUT2D eigenvalue weighted by atomic mass is 10.1. The second kappa shape index (κ2) is 2.89. The molecular weight excluding hydrogens is 128 g/mol. The number of hydrogen-bond donors (Lipinski definition) is 0. The molecule has 1 aliphatic heterocycles. The Morgan fingerprint density at radius 3 is 2.40 bits per heavy atom. The van der Waals surface area contributed by atoms with Gasteiger partial charge in [0.2, 0.25) is 0 Å². The van der Waals surface area contributed by atoms with Crippen LogP contribution < -0.4 is 0 Å². The molecule has 2 radical (unpaired) electrons. The van der Waals surface area contributed by atoms with Crippen molar-refractivity contribution < 1.29 is 9.47 Å². The number of ether oxygens (including phenoxy) is 2. The predicted octanol–water partition coefficient (Wildman–Crippen LogP) is 1.49. The first kappa shape index (κ1) is 8.02. The zero-order chi connectivity index (χ0) is 7.61. The average Bonchev–Trinajstić information content (AvgIpc) is 1.96. The Balaban J connectivity index is 2.38. The van der Waals surface area contributed by atoms with Crippen LogP contribution in [-0.2, 0) is 9.47 Å². The zero-order valence-electron chi connectivity index (χ0n) is 6.59. The van der Waals surface area contributed by atoms with Crippen molar-refractivity contribution in [3.05, 3.63) is 6.92 Å². The van der Waals surface area contributed by atoms with E-state index in [0.29, 0.717) is 13.2 Å². The van der Waals surface area contributed by atoms with Crippen molar-refractivity contribution in [2.24, 2.45) is 5.92 Å². The molecule has 1 fully saturated rings. The fourth-order valence-corrected chi connectivity index (χ4v) is 0.861. The lowest BCUT2D eigenvalue weighted by Crippen LogP contribution is -2.40. The fraction of sp³-hybridized carbons (Fsp3) is 0.875. The summed E-state index contributed by atoms with van der Waals surface area (Å²) < 4.78 is 10.8. The fourth-order valence-electron chi connectivity index (χ4n) is 0.861. The van der Waals surface area contributed by atoms with Gasteiger partial charge >= 0.3 is 0 Å². The maximum atomic E-state index is 5.56. The SMILES string of the molecule is [CH]C1COC(C)(CC)OC1. The van der Waals surface area contributed by atoms with Crippen LogP contribution >= 0.6 is 0 Å². The van der Waals surface area contributed by atoms with Gasteiger partial charge in [-0.15, -0.1) is 0 Å². The summed E-state index contributed by atoms with van der Waals surface area (Å²) in [5.74, 6) is -0.324. The largest absolute Gasteiger partial charge is 0.350 e. The quantitative estimate of drug-likeness (QED) is 0.552. The van der Waals surface area contributed by atoms with Crippen LogP contribution in [0.15, 0.2) is 0 Å². The Bertz CT molecular complexity index is 104.